The maximum Gasteiger partial charge on any atom is 0.171 e. The lowest BCUT2D eigenvalue weighted by Gasteiger charge is -2.44. The SMILES string of the molecule is CC1CC(C)(C)CCC12OCC(CN)O2. The molecule has 1 spiro atoms. The molecule has 1 heterocycles. The highest BCUT2D eigenvalue weighted by molar-refractivity contribution is 4.92. The molecule has 1 saturated heterocycles. The van der Waals surface area contributed by atoms with Crippen molar-refractivity contribution in [3.63, 3.8) is 0 Å². The van der Waals surface area contributed by atoms with Crippen LogP contribution in [0, 0.1) is 11.3 Å². The molecule has 2 N–H and O–H groups in total. The average molecular weight is 213 g/mol. The first-order valence-electron chi connectivity index (χ1n) is 5.99. The Labute approximate surface area is 92.3 Å². The Balaban J connectivity index is 2.05. The van der Waals surface area contributed by atoms with Crippen molar-refractivity contribution >= 4 is 0 Å². The van der Waals surface area contributed by atoms with E-state index in [4.69, 9.17) is 15.2 Å². The Morgan fingerprint density at radius 2 is 2.07 bits per heavy atom. The molecule has 0 amide bonds. The number of rotatable bonds is 1. The molecular formula is C12H23NO2. The Kier molecular flexibility index (Phi) is 2.82. The van der Waals surface area contributed by atoms with Crippen LogP contribution in [0.25, 0.3) is 0 Å². The molecule has 1 aliphatic heterocycles. The lowest BCUT2D eigenvalue weighted by atomic mass is 9.70. The normalized spacial score (nSPS) is 44.8. The van der Waals surface area contributed by atoms with Crippen LogP contribution in [-0.2, 0) is 9.47 Å². The third-order valence-corrected chi connectivity index (χ3v) is 3.90. The van der Waals surface area contributed by atoms with Gasteiger partial charge in [0.2, 0.25) is 0 Å². The number of ether oxygens (including phenoxy) is 2. The molecule has 0 aromatic heterocycles. The molecule has 2 rings (SSSR count). The van der Waals surface area contributed by atoms with Crippen LogP contribution in [-0.4, -0.2) is 25.0 Å². The molecule has 0 aromatic carbocycles. The van der Waals surface area contributed by atoms with E-state index < -0.39 is 0 Å². The summed E-state index contributed by atoms with van der Waals surface area (Å²) in [5, 5.41) is 0. The number of hydrogen-bond acceptors (Lipinski definition) is 3. The van der Waals surface area contributed by atoms with Gasteiger partial charge in [-0.05, 0) is 18.3 Å². The van der Waals surface area contributed by atoms with Gasteiger partial charge in [0.15, 0.2) is 5.79 Å². The van der Waals surface area contributed by atoms with Crippen LogP contribution in [0.5, 0.6) is 0 Å². The maximum absolute atomic E-state index is 6.00. The van der Waals surface area contributed by atoms with Gasteiger partial charge in [-0.2, -0.15) is 0 Å². The number of nitrogens with two attached hydrogens (primary N) is 1. The Morgan fingerprint density at radius 3 is 2.60 bits per heavy atom. The first kappa shape index (κ1) is 11.4. The van der Waals surface area contributed by atoms with Gasteiger partial charge in [-0.3, -0.25) is 0 Å². The highest BCUT2D eigenvalue weighted by Gasteiger charge is 2.50. The minimum Gasteiger partial charge on any atom is -0.347 e. The van der Waals surface area contributed by atoms with Crippen molar-refractivity contribution in [3.8, 4) is 0 Å². The summed E-state index contributed by atoms with van der Waals surface area (Å²) >= 11 is 0. The fourth-order valence-corrected chi connectivity index (χ4v) is 2.94. The van der Waals surface area contributed by atoms with E-state index in [1.807, 2.05) is 0 Å². The summed E-state index contributed by atoms with van der Waals surface area (Å²) in [5.41, 5.74) is 6.05. The predicted molar refractivity (Wildman–Crippen MR) is 59.4 cm³/mol. The molecule has 15 heavy (non-hydrogen) atoms. The smallest absolute Gasteiger partial charge is 0.171 e. The largest absolute Gasteiger partial charge is 0.347 e. The summed E-state index contributed by atoms with van der Waals surface area (Å²) in [5.74, 6) is 0.150. The second-order valence-corrected chi connectivity index (χ2v) is 5.87. The summed E-state index contributed by atoms with van der Waals surface area (Å²) in [7, 11) is 0. The maximum atomic E-state index is 6.00. The second-order valence-electron chi connectivity index (χ2n) is 5.87. The van der Waals surface area contributed by atoms with Crippen molar-refractivity contribution in [1.82, 2.24) is 0 Å². The molecule has 3 heteroatoms. The topological polar surface area (TPSA) is 44.5 Å². The fraction of sp³-hybridized carbons (Fsp3) is 1.00. The van der Waals surface area contributed by atoms with Gasteiger partial charge < -0.3 is 15.2 Å². The monoisotopic (exact) mass is 213 g/mol. The van der Waals surface area contributed by atoms with Gasteiger partial charge in [-0.1, -0.05) is 20.8 Å². The van der Waals surface area contributed by atoms with Gasteiger partial charge in [0.1, 0.15) is 0 Å². The molecule has 1 aliphatic carbocycles. The summed E-state index contributed by atoms with van der Waals surface area (Å²) in [6, 6.07) is 0. The average Bonchev–Trinajstić information content (AvgIpc) is 2.57. The zero-order chi connectivity index (χ0) is 11.1. The van der Waals surface area contributed by atoms with Crippen LogP contribution in [0.15, 0.2) is 0 Å². The van der Waals surface area contributed by atoms with Gasteiger partial charge >= 0.3 is 0 Å². The highest BCUT2D eigenvalue weighted by atomic mass is 16.7. The van der Waals surface area contributed by atoms with E-state index in [1.165, 1.54) is 12.8 Å². The van der Waals surface area contributed by atoms with Crippen molar-refractivity contribution in [1.29, 1.82) is 0 Å². The fourth-order valence-electron chi connectivity index (χ4n) is 2.94. The van der Waals surface area contributed by atoms with Gasteiger partial charge in [-0.15, -0.1) is 0 Å². The second kappa shape index (κ2) is 3.72. The van der Waals surface area contributed by atoms with Crippen LogP contribution in [0.2, 0.25) is 0 Å². The number of hydrogen-bond donors (Lipinski definition) is 1. The van der Waals surface area contributed by atoms with Crippen molar-refractivity contribution in [2.45, 2.75) is 51.9 Å². The quantitative estimate of drug-likeness (QED) is 0.723. The molecule has 1 saturated carbocycles. The van der Waals surface area contributed by atoms with E-state index in [2.05, 4.69) is 20.8 Å². The molecule has 0 aromatic rings. The van der Waals surface area contributed by atoms with Crippen LogP contribution < -0.4 is 5.73 Å². The standard InChI is InChI=1S/C12H23NO2/c1-9-6-11(2,3)4-5-12(9)14-8-10(7-13)15-12/h9-10H,4-8,13H2,1-3H3. The van der Waals surface area contributed by atoms with Crippen molar-refractivity contribution < 1.29 is 9.47 Å². The van der Waals surface area contributed by atoms with E-state index in [0.29, 0.717) is 24.5 Å². The van der Waals surface area contributed by atoms with Crippen molar-refractivity contribution in [2.75, 3.05) is 13.2 Å². The van der Waals surface area contributed by atoms with Crippen LogP contribution in [0.3, 0.4) is 0 Å². The highest BCUT2D eigenvalue weighted by Crippen LogP contribution is 2.48. The van der Waals surface area contributed by atoms with Crippen LogP contribution in [0.4, 0.5) is 0 Å². The molecule has 88 valence electrons. The summed E-state index contributed by atoms with van der Waals surface area (Å²) in [6.45, 7) is 8.12. The molecule has 3 atom stereocenters. The first-order valence-corrected chi connectivity index (χ1v) is 5.99. The van der Waals surface area contributed by atoms with E-state index in [9.17, 15) is 0 Å². The molecule has 2 aliphatic rings. The summed E-state index contributed by atoms with van der Waals surface area (Å²) in [4.78, 5) is 0. The van der Waals surface area contributed by atoms with Gasteiger partial charge in [0.25, 0.3) is 0 Å². The third kappa shape index (κ3) is 2.05. The molecule has 3 nitrogen and oxygen atoms in total. The van der Waals surface area contributed by atoms with E-state index in [-0.39, 0.29) is 11.9 Å². The van der Waals surface area contributed by atoms with Crippen molar-refractivity contribution in [3.05, 3.63) is 0 Å². The molecule has 3 unspecified atom stereocenters. The van der Waals surface area contributed by atoms with Gasteiger partial charge in [-0.25, -0.2) is 0 Å². The predicted octanol–water partition coefficient (Wildman–Crippen LogP) is 1.90. The Hall–Kier alpha value is -0.120. The van der Waals surface area contributed by atoms with Crippen LogP contribution >= 0.6 is 0 Å². The lowest BCUT2D eigenvalue weighted by Crippen LogP contribution is -2.45. The summed E-state index contributed by atoms with van der Waals surface area (Å²) in [6.07, 6.45) is 3.46. The van der Waals surface area contributed by atoms with Crippen LogP contribution in [0.1, 0.15) is 40.0 Å². The minimum absolute atomic E-state index is 0.105. The van der Waals surface area contributed by atoms with E-state index in [1.54, 1.807) is 0 Å². The molecule has 0 bridgehead atoms. The molecule has 0 radical (unpaired) electrons. The van der Waals surface area contributed by atoms with Gasteiger partial charge in [0.05, 0.1) is 12.7 Å². The molecular weight excluding hydrogens is 190 g/mol. The zero-order valence-corrected chi connectivity index (χ0v) is 10.1. The van der Waals surface area contributed by atoms with E-state index in [0.717, 1.165) is 6.42 Å². The molecule has 2 fully saturated rings. The first-order chi connectivity index (χ1) is 6.97. The Bertz CT molecular complexity index is 242. The summed E-state index contributed by atoms with van der Waals surface area (Å²) < 4.78 is 11.9. The minimum atomic E-state index is -0.320. The Morgan fingerprint density at radius 1 is 1.33 bits per heavy atom. The van der Waals surface area contributed by atoms with Gasteiger partial charge in [0, 0.05) is 18.9 Å². The van der Waals surface area contributed by atoms with E-state index >= 15 is 0 Å². The lowest BCUT2D eigenvalue weighted by molar-refractivity contribution is -0.228. The third-order valence-electron chi connectivity index (χ3n) is 3.90. The zero-order valence-electron chi connectivity index (χ0n) is 10.1. The van der Waals surface area contributed by atoms with Crippen molar-refractivity contribution in [2.24, 2.45) is 17.1 Å².